The van der Waals surface area contributed by atoms with Crippen LogP contribution in [0, 0.1) is 0 Å². The second-order valence-corrected chi connectivity index (χ2v) is 9.50. The molecule has 1 amide bonds. The lowest BCUT2D eigenvalue weighted by Gasteiger charge is -2.15. The first-order valence-electron chi connectivity index (χ1n) is 8.65. The zero-order valence-corrected chi connectivity index (χ0v) is 17.6. The molecule has 1 aromatic carbocycles. The van der Waals surface area contributed by atoms with Gasteiger partial charge in [0.25, 0.3) is 0 Å². The van der Waals surface area contributed by atoms with Gasteiger partial charge in [-0.25, -0.2) is 17.7 Å². The van der Waals surface area contributed by atoms with E-state index in [1.807, 2.05) is 24.3 Å². The molecule has 0 saturated carbocycles. The minimum absolute atomic E-state index is 0.123. The van der Waals surface area contributed by atoms with E-state index in [4.69, 9.17) is 0 Å². The molecule has 2 aromatic rings. The van der Waals surface area contributed by atoms with Crippen LogP contribution in [-0.4, -0.2) is 43.5 Å². The van der Waals surface area contributed by atoms with Gasteiger partial charge >= 0.3 is 0 Å². The molecular weight excluding hydrogens is 382 g/mol. The minimum atomic E-state index is -3.50. The Morgan fingerprint density at radius 2 is 1.93 bits per heavy atom. The molecule has 146 valence electrons. The van der Waals surface area contributed by atoms with Gasteiger partial charge in [0.15, 0.2) is 0 Å². The highest BCUT2D eigenvalue weighted by molar-refractivity contribution is 7.99. The van der Waals surface area contributed by atoms with Crippen LogP contribution in [0.15, 0.2) is 52.5 Å². The van der Waals surface area contributed by atoms with Crippen LogP contribution in [0.1, 0.15) is 31.7 Å². The fourth-order valence-electron chi connectivity index (χ4n) is 2.40. The van der Waals surface area contributed by atoms with Gasteiger partial charge in [0.1, 0.15) is 4.90 Å². The minimum Gasteiger partial charge on any atom is -0.325 e. The Hall–Kier alpha value is -1.90. The largest absolute Gasteiger partial charge is 0.325 e. The third-order valence-electron chi connectivity index (χ3n) is 4.22. The number of thioether (sulfide) groups is 1. The summed E-state index contributed by atoms with van der Waals surface area (Å²) in [7, 11) is -0.555. The van der Waals surface area contributed by atoms with Crippen LogP contribution < -0.4 is 5.32 Å². The number of para-hydroxylation sites is 1. The Labute approximate surface area is 165 Å². The Morgan fingerprint density at radius 1 is 1.22 bits per heavy atom. The van der Waals surface area contributed by atoms with Gasteiger partial charge < -0.3 is 5.32 Å². The lowest BCUT2D eigenvalue weighted by molar-refractivity contribution is -0.113. The molecule has 1 heterocycles. The molecule has 0 spiro atoms. The van der Waals surface area contributed by atoms with Crippen molar-refractivity contribution in [3.63, 3.8) is 0 Å². The van der Waals surface area contributed by atoms with Crippen LogP contribution in [0.3, 0.4) is 0 Å². The molecular formula is C19H25N3O3S2. The maximum Gasteiger partial charge on any atom is 0.244 e. The van der Waals surface area contributed by atoms with Crippen molar-refractivity contribution >= 4 is 33.4 Å². The van der Waals surface area contributed by atoms with Crippen LogP contribution in [0.25, 0.3) is 0 Å². The maximum absolute atomic E-state index is 12.3. The summed E-state index contributed by atoms with van der Waals surface area (Å²) in [5.41, 5.74) is 1.95. The predicted molar refractivity (Wildman–Crippen MR) is 110 cm³/mol. The van der Waals surface area contributed by atoms with Crippen LogP contribution in [-0.2, 0) is 14.8 Å². The zero-order chi connectivity index (χ0) is 20.0. The van der Waals surface area contributed by atoms with E-state index in [-0.39, 0.29) is 16.6 Å². The standard InChI is InChI=1S/C19H25N3O3S2/c1-5-14(2)16-8-6-7-9-17(16)21-18(23)13-26-19-11-10-15(12-20-19)27(24,25)22(3)4/h6-12,14H,5,13H2,1-4H3,(H,21,23)/t14-/m1/s1. The highest BCUT2D eigenvalue weighted by Gasteiger charge is 2.17. The molecule has 1 aromatic heterocycles. The van der Waals surface area contributed by atoms with Crippen molar-refractivity contribution in [3.05, 3.63) is 48.2 Å². The van der Waals surface area contributed by atoms with Gasteiger partial charge in [-0.2, -0.15) is 0 Å². The van der Waals surface area contributed by atoms with E-state index in [2.05, 4.69) is 24.1 Å². The van der Waals surface area contributed by atoms with E-state index in [9.17, 15) is 13.2 Å². The van der Waals surface area contributed by atoms with Gasteiger partial charge in [0.2, 0.25) is 15.9 Å². The molecule has 0 radical (unpaired) electrons. The fraction of sp³-hybridized carbons (Fsp3) is 0.368. The Bertz CT molecular complexity index is 881. The Balaban J connectivity index is 1.99. The summed E-state index contributed by atoms with van der Waals surface area (Å²) in [5, 5.41) is 3.55. The molecule has 0 aliphatic carbocycles. The molecule has 6 nitrogen and oxygen atoms in total. The van der Waals surface area contributed by atoms with Crippen molar-refractivity contribution in [3.8, 4) is 0 Å². The van der Waals surface area contributed by atoms with E-state index >= 15 is 0 Å². The van der Waals surface area contributed by atoms with Crippen LogP contribution in [0.4, 0.5) is 5.69 Å². The van der Waals surface area contributed by atoms with Gasteiger partial charge in [-0.15, -0.1) is 0 Å². The SMILES string of the molecule is CC[C@@H](C)c1ccccc1NC(=O)CSc1ccc(S(=O)(=O)N(C)C)cn1. The molecule has 0 aliphatic heterocycles. The summed E-state index contributed by atoms with van der Waals surface area (Å²) < 4.78 is 25.2. The lowest BCUT2D eigenvalue weighted by Crippen LogP contribution is -2.22. The van der Waals surface area contributed by atoms with Crippen LogP contribution in [0.5, 0.6) is 0 Å². The predicted octanol–water partition coefficient (Wildman–Crippen LogP) is 3.58. The van der Waals surface area contributed by atoms with E-state index in [1.165, 1.54) is 38.1 Å². The molecule has 27 heavy (non-hydrogen) atoms. The summed E-state index contributed by atoms with van der Waals surface area (Å²) in [5.74, 6) is 0.436. The second-order valence-electron chi connectivity index (χ2n) is 6.35. The molecule has 0 unspecified atom stereocenters. The Kier molecular flexibility index (Phi) is 7.41. The fourth-order valence-corrected chi connectivity index (χ4v) is 3.89. The number of nitrogens with one attached hydrogen (secondary N) is 1. The summed E-state index contributed by atoms with van der Waals surface area (Å²) in [6.45, 7) is 4.25. The van der Waals surface area contributed by atoms with Crippen LogP contribution >= 0.6 is 11.8 Å². The molecule has 1 N–H and O–H groups in total. The summed E-state index contributed by atoms with van der Waals surface area (Å²) in [4.78, 5) is 16.6. The molecule has 2 rings (SSSR count). The highest BCUT2D eigenvalue weighted by Crippen LogP contribution is 2.27. The third kappa shape index (κ3) is 5.54. The molecule has 0 saturated heterocycles. The van der Waals surface area contributed by atoms with Crippen molar-refractivity contribution < 1.29 is 13.2 Å². The van der Waals surface area contributed by atoms with Gasteiger partial charge in [0.05, 0.1) is 10.8 Å². The maximum atomic E-state index is 12.3. The summed E-state index contributed by atoms with van der Waals surface area (Å²) >= 11 is 1.26. The number of aromatic nitrogens is 1. The number of hydrogen-bond donors (Lipinski definition) is 1. The van der Waals surface area contributed by atoms with Gasteiger partial charge in [-0.3, -0.25) is 4.79 Å². The zero-order valence-electron chi connectivity index (χ0n) is 16.0. The number of benzene rings is 1. The molecule has 8 heteroatoms. The third-order valence-corrected chi connectivity index (χ3v) is 6.96. The number of carbonyl (C=O) groups is 1. The van der Waals surface area contributed by atoms with Gasteiger partial charge in [-0.1, -0.05) is 43.8 Å². The van der Waals surface area contributed by atoms with E-state index in [1.54, 1.807) is 6.07 Å². The van der Waals surface area contributed by atoms with Gasteiger partial charge in [0, 0.05) is 26.0 Å². The monoisotopic (exact) mass is 407 g/mol. The number of sulfonamides is 1. The molecule has 1 atom stereocenters. The smallest absolute Gasteiger partial charge is 0.244 e. The lowest BCUT2D eigenvalue weighted by atomic mass is 9.97. The first-order chi connectivity index (χ1) is 12.8. The van der Waals surface area contributed by atoms with Crippen molar-refractivity contribution in [2.24, 2.45) is 0 Å². The molecule has 0 fully saturated rings. The quantitative estimate of drug-likeness (QED) is 0.677. The average Bonchev–Trinajstić information content (AvgIpc) is 2.66. The number of pyridine rings is 1. The normalized spacial score (nSPS) is 12.8. The molecule has 0 aliphatic rings. The Morgan fingerprint density at radius 3 is 2.52 bits per heavy atom. The number of rotatable bonds is 8. The van der Waals surface area contributed by atoms with E-state index in [0.29, 0.717) is 10.9 Å². The van der Waals surface area contributed by atoms with Crippen LogP contribution in [0.2, 0.25) is 0 Å². The highest BCUT2D eigenvalue weighted by atomic mass is 32.2. The first kappa shape index (κ1) is 21.4. The van der Waals surface area contributed by atoms with Crippen molar-refractivity contribution in [1.82, 2.24) is 9.29 Å². The topological polar surface area (TPSA) is 79.4 Å². The number of carbonyl (C=O) groups excluding carboxylic acids is 1. The number of amides is 1. The molecule has 0 bridgehead atoms. The number of anilines is 1. The van der Waals surface area contributed by atoms with Gasteiger partial charge in [-0.05, 0) is 36.1 Å². The summed E-state index contributed by atoms with van der Waals surface area (Å²) in [6, 6.07) is 10.9. The van der Waals surface area contributed by atoms with E-state index in [0.717, 1.165) is 22.0 Å². The van der Waals surface area contributed by atoms with E-state index < -0.39 is 10.0 Å². The average molecular weight is 408 g/mol. The van der Waals surface area contributed by atoms with Crippen molar-refractivity contribution in [1.29, 1.82) is 0 Å². The number of hydrogen-bond acceptors (Lipinski definition) is 5. The van der Waals surface area contributed by atoms with Crippen molar-refractivity contribution in [2.45, 2.75) is 36.1 Å². The second kappa shape index (κ2) is 9.34. The van der Waals surface area contributed by atoms with Crippen molar-refractivity contribution in [2.75, 3.05) is 25.2 Å². The first-order valence-corrected chi connectivity index (χ1v) is 11.1. The summed E-state index contributed by atoms with van der Waals surface area (Å²) in [6.07, 6.45) is 2.31. The number of nitrogens with zero attached hydrogens (tertiary/aromatic N) is 2.